The molecule has 1 aliphatic rings. The Morgan fingerprint density at radius 3 is 2.68 bits per heavy atom. The van der Waals surface area contributed by atoms with E-state index in [0.29, 0.717) is 6.54 Å². The summed E-state index contributed by atoms with van der Waals surface area (Å²) in [6.45, 7) is 10.5. The number of nitrogens with two attached hydrogens (primary N) is 1. The molecule has 0 radical (unpaired) electrons. The molecule has 1 amide bonds. The standard InChI is InChI=1S/C14H29N3O2/c1-11(2)16-14(4,12(15)18)10-17-8-6-7-13(3,9-17)19-5/h11,16H,6-10H2,1-5H3,(H2,15,18). The van der Waals surface area contributed by atoms with Gasteiger partial charge < -0.3 is 15.8 Å². The van der Waals surface area contributed by atoms with E-state index in [2.05, 4.69) is 17.1 Å². The number of methoxy groups -OCH3 is 1. The van der Waals surface area contributed by atoms with Crippen molar-refractivity contribution in [3.8, 4) is 0 Å². The molecule has 2 unspecified atom stereocenters. The number of rotatable bonds is 6. The Bertz CT molecular complexity index is 322. The minimum Gasteiger partial charge on any atom is -0.377 e. The number of amides is 1. The predicted octanol–water partition coefficient (Wildman–Crippen LogP) is 0.729. The molecule has 1 heterocycles. The van der Waals surface area contributed by atoms with Crippen molar-refractivity contribution in [1.82, 2.24) is 10.2 Å². The zero-order chi connectivity index (χ0) is 14.7. The van der Waals surface area contributed by atoms with Crippen molar-refractivity contribution in [3.63, 3.8) is 0 Å². The molecule has 0 aromatic rings. The van der Waals surface area contributed by atoms with Gasteiger partial charge in [0.25, 0.3) is 0 Å². The van der Waals surface area contributed by atoms with Gasteiger partial charge in [-0.05, 0) is 47.1 Å². The Balaban J connectivity index is 2.72. The first-order valence-corrected chi connectivity index (χ1v) is 7.06. The van der Waals surface area contributed by atoms with Crippen LogP contribution in [-0.2, 0) is 9.53 Å². The molecule has 1 fully saturated rings. The Morgan fingerprint density at radius 1 is 1.58 bits per heavy atom. The van der Waals surface area contributed by atoms with Gasteiger partial charge in [0.15, 0.2) is 0 Å². The summed E-state index contributed by atoms with van der Waals surface area (Å²) in [6, 6.07) is 0.219. The topological polar surface area (TPSA) is 67.6 Å². The summed E-state index contributed by atoms with van der Waals surface area (Å²) in [7, 11) is 1.75. The minimum absolute atomic E-state index is 0.116. The van der Waals surface area contributed by atoms with Crippen molar-refractivity contribution >= 4 is 5.91 Å². The molecule has 0 spiro atoms. The molecular weight excluding hydrogens is 242 g/mol. The first-order chi connectivity index (χ1) is 8.71. The van der Waals surface area contributed by atoms with Crippen molar-refractivity contribution in [2.24, 2.45) is 5.73 Å². The molecule has 2 atom stereocenters. The average molecular weight is 271 g/mol. The maximum Gasteiger partial charge on any atom is 0.238 e. The number of carbonyl (C=O) groups is 1. The largest absolute Gasteiger partial charge is 0.377 e. The summed E-state index contributed by atoms with van der Waals surface area (Å²) in [5.74, 6) is -0.300. The number of nitrogens with zero attached hydrogens (tertiary/aromatic N) is 1. The lowest BCUT2D eigenvalue weighted by Gasteiger charge is -2.43. The Kier molecular flexibility index (Phi) is 5.35. The summed E-state index contributed by atoms with van der Waals surface area (Å²) >= 11 is 0. The Hall–Kier alpha value is -0.650. The number of primary amides is 1. The molecule has 0 aromatic heterocycles. The summed E-state index contributed by atoms with van der Waals surface area (Å²) in [5.41, 5.74) is 4.77. The van der Waals surface area contributed by atoms with E-state index in [1.807, 2.05) is 20.8 Å². The molecule has 0 aromatic carbocycles. The van der Waals surface area contributed by atoms with Crippen molar-refractivity contribution in [2.45, 2.75) is 57.7 Å². The zero-order valence-corrected chi connectivity index (χ0v) is 13.0. The van der Waals surface area contributed by atoms with Gasteiger partial charge in [0, 0.05) is 26.2 Å². The molecule has 0 aliphatic carbocycles. The third kappa shape index (κ3) is 4.44. The Labute approximate surface area is 116 Å². The van der Waals surface area contributed by atoms with Crippen LogP contribution in [0, 0.1) is 0 Å². The molecule has 1 aliphatic heterocycles. The fourth-order valence-electron chi connectivity index (χ4n) is 2.89. The maximum absolute atomic E-state index is 11.8. The van der Waals surface area contributed by atoms with E-state index in [0.717, 1.165) is 25.9 Å². The van der Waals surface area contributed by atoms with E-state index >= 15 is 0 Å². The van der Waals surface area contributed by atoms with E-state index < -0.39 is 5.54 Å². The number of hydrogen-bond acceptors (Lipinski definition) is 4. The smallest absolute Gasteiger partial charge is 0.238 e. The molecule has 5 heteroatoms. The molecule has 5 nitrogen and oxygen atoms in total. The molecule has 0 saturated carbocycles. The highest BCUT2D eigenvalue weighted by Gasteiger charge is 2.38. The molecule has 3 N–H and O–H groups in total. The monoisotopic (exact) mass is 271 g/mol. The first kappa shape index (κ1) is 16.4. The van der Waals surface area contributed by atoms with Gasteiger partial charge in [-0.2, -0.15) is 0 Å². The van der Waals surface area contributed by atoms with Crippen molar-refractivity contribution < 1.29 is 9.53 Å². The van der Waals surface area contributed by atoms with Crippen LogP contribution in [0.25, 0.3) is 0 Å². The summed E-state index contributed by atoms with van der Waals surface area (Å²) < 4.78 is 5.59. The maximum atomic E-state index is 11.8. The van der Waals surface area contributed by atoms with Gasteiger partial charge in [-0.15, -0.1) is 0 Å². The third-order valence-corrected chi connectivity index (χ3v) is 3.92. The number of nitrogens with one attached hydrogen (secondary N) is 1. The molecule has 1 saturated heterocycles. The van der Waals surface area contributed by atoms with Gasteiger partial charge in [-0.3, -0.25) is 9.69 Å². The van der Waals surface area contributed by atoms with Crippen LogP contribution < -0.4 is 11.1 Å². The van der Waals surface area contributed by atoms with E-state index in [1.54, 1.807) is 7.11 Å². The van der Waals surface area contributed by atoms with Gasteiger partial charge >= 0.3 is 0 Å². The van der Waals surface area contributed by atoms with Gasteiger partial charge in [0.1, 0.15) is 5.54 Å². The van der Waals surface area contributed by atoms with Gasteiger partial charge in [0.2, 0.25) is 5.91 Å². The van der Waals surface area contributed by atoms with Crippen LogP contribution in [-0.4, -0.2) is 54.7 Å². The average Bonchev–Trinajstić information content (AvgIpc) is 2.27. The van der Waals surface area contributed by atoms with Crippen molar-refractivity contribution in [1.29, 1.82) is 0 Å². The van der Waals surface area contributed by atoms with Crippen LogP contribution in [0.3, 0.4) is 0 Å². The lowest BCUT2D eigenvalue weighted by Crippen LogP contribution is -2.63. The van der Waals surface area contributed by atoms with E-state index in [1.165, 1.54) is 0 Å². The quantitative estimate of drug-likeness (QED) is 0.747. The number of likely N-dealkylation sites (tertiary alicyclic amines) is 1. The number of ether oxygens (including phenoxy) is 1. The molecule has 112 valence electrons. The lowest BCUT2D eigenvalue weighted by molar-refractivity contribution is -0.126. The lowest BCUT2D eigenvalue weighted by atomic mass is 9.92. The van der Waals surface area contributed by atoms with Gasteiger partial charge in [0.05, 0.1) is 5.60 Å². The second-order valence-electron chi connectivity index (χ2n) is 6.46. The van der Waals surface area contributed by atoms with E-state index in [4.69, 9.17) is 10.5 Å². The normalized spacial score (nSPS) is 28.3. The summed E-state index contributed by atoms with van der Waals surface area (Å²) in [6.07, 6.45) is 2.14. The van der Waals surface area contributed by atoms with Gasteiger partial charge in [-0.1, -0.05) is 0 Å². The number of carbonyl (C=O) groups excluding carboxylic acids is 1. The Morgan fingerprint density at radius 2 is 2.21 bits per heavy atom. The first-order valence-electron chi connectivity index (χ1n) is 7.06. The van der Waals surface area contributed by atoms with Crippen molar-refractivity contribution in [3.05, 3.63) is 0 Å². The van der Waals surface area contributed by atoms with Crippen LogP contribution in [0.5, 0.6) is 0 Å². The van der Waals surface area contributed by atoms with E-state index in [9.17, 15) is 4.79 Å². The fraction of sp³-hybridized carbons (Fsp3) is 0.929. The number of piperidine rings is 1. The third-order valence-electron chi connectivity index (χ3n) is 3.92. The van der Waals surface area contributed by atoms with E-state index in [-0.39, 0.29) is 17.6 Å². The van der Waals surface area contributed by atoms with Crippen LogP contribution in [0.4, 0.5) is 0 Å². The second kappa shape index (κ2) is 6.20. The SMILES string of the molecule is COC1(C)CCCN(CC(C)(NC(C)C)C(N)=O)C1. The highest BCUT2D eigenvalue weighted by molar-refractivity contribution is 5.84. The number of hydrogen-bond donors (Lipinski definition) is 2. The van der Waals surface area contributed by atoms with Gasteiger partial charge in [-0.25, -0.2) is 0 Å². The van der Waals surface area contributed by atoms with Crippen LogP contribution >= 0.6 is 0 Å². The molecular formula is C14H29N3O2. The van der Waals surface area contributed by atoms with Crippen LogP contribution in [0.1, 0.15) is 40.5 Å². The molecule has 19 heavy (non-hydrogen) atoms. The molecule has 0 bridgehead atoms. The summed E-state index contributed by atoms with van der Waals surface area (Å²) in [5, 5.41) is 3.29. The van der Waals surface area contributed by atoms with Crippen LogP contribution in [0.2, 0.25) is 0 Å². The van der Waals surface area contributed by atoms with Crippen molar-refractivity contribution in [2.75, 3.05) is 26.7 Å². The predicted molar refractivity (Wildman–Crippen MR) is 77.0 cm³/mol. The fourth-order valence-corrected chi connectivity index (χ4v) is 2.89. The molecule has 1 rings (SSSR count). The zero-order valence-electron chi connectivity index (χ0n) is 13.0. The minimum atomic E-state index is -0.694. The van der Waals surface area contributed by atoms with Crippen LogP contribution in [0.15, 0.2) is 0 Å². The highest BCUT2D eigenvalue weighted by Crippen LogP contribution is 2.25. The summed E-state index contributed by atoms with van der Waals surface area (Å²) in [4.78, 5) is 14.0. The highest BCUT2D eigenvalue weighted by atomic mass is 16.5. The second-order valence-corrected chi connectivity index (χ2v) is 6.46.